The van der Waals surface area contributed by atoms with Gasteiger partial charge in [0.25, 0.3) is 0 Å². The van der Waals surface area contributed by atoms with Crippen molar-refractivity contribution in [1.29, 1.82) is 0 Å². The Labute approximate surface area is 161 Å². The first kappa shape index (κ1) is 19.2. The van der Waals surface area contributed by atoms with Crippen LogP contribution in [0, 0.1) is 35.5 Å². The molecule has 4 fully saturated rings. The maximum atomic E-state index is 6.69. The molecule has 0 aromatic carbocycles. The lowest BCUT2D eigenvalue weighted by molar-refractivity contribution is -0.124. The zero-order valence-electron chi connectivity index (χ0n) is 17.5. The molecular formula is C24H42O2. The van der Waals surface area contributed by atoms with Crippen molar-refractivity contribution < 1.29 is 9.47 Å². The topological polar surface area (TPSA) is 18.5 Å². The van der Waals surface area contributed by atoms with Gasteiger partial charge in [-0.1, -0.05) is 51.9 Å². The lowest BCUT2D eigenvalue weighted by Gasteiger charge is -2.55. The van der Waals surface area contributed by atoms with E-state index in [0.717, 1.165) is 48.5 Å². The van der Waals surface area contributed by atoms with Gasteiger partial charge in [-0.05, 0) is 68.6 Å². The van der Waals surface area contributed by atoms with Crippen molar-refractivity contribution in [3.8, 4) is 0 Å². The smallest absolute Gasteiger partial charge is 0.0836 e. The van der Waals surface area contributed by atoms with E-state index in [0.29, 0.717) is 18.3 Å². The first-order valence-corrected chi connectivity index (χ1v) is 11.9. The first-order chi connectivity index (χ1) is 12.7. The molecule has 0 radical (unpaired) electrons. The molecule has 0 amide bonds. The molecular weight excluding hydrogens is 320 g/mol. The van der Waals surface area contributed by atoms with Crippen LogP contribution in [0.3, 0.4) is 0 Å². The third-order valence-corrected chi connectivity index (χ3v) is 8.57. The average Bonchev–Trinajstić information content (AvgIpc) is 3.05. The van der Waals surface area contributed by atoms with E-state index in [4.69, 9.17) is 9.47 Å². The van der Waals surface area contributed by atoms with Gasteiger partial charge in [0.1, 0.15) is 0 Å². The molecule has 0 bridgehead atoms. The summed E-state index contributed by atoms with van der Waals surface area (Å²) in [6, 6.07) is 0. The van der Waals surface area contributed by atoms with Gasteiger partial charge in [0.05, 0.1) is 24.9 Å². The predicted molar refractivity (Wildman–Crippen MR) is 107 cm³/mol. The minimum absolute atomic E-state index is 0.345. The van der Waals surface area contributed by atoms with Crippen LogP contribution in [0.15, 0.2) is 0 Å². The highest BCUT2D eigenvalue weighted by atomic mass is 16.6. The molecule has 0 aromatic rings. The lowest BCUT2D eigenvalue weighted by atomic mass is 9.51. The van der Waals surface area contributed by atoms with Crippen molar-refractivity contribution in [2.75, 3.05) is 6.61 Å². The van der Waals surface area contributed by atoms with Crippen LogP contribution in [0.5, 0.6) is 0 Å². The van der Waals surface area contributed by atoms with Crippen molar-refractivity contribution in [2.45, 2.75) is 110 Å². The normalized spacial score (nSPS) is 47.2. The highest BCUT2D eigenvalue weighted by molar-refractivity contribution is 4.99. The molecule has 0 spiro atoms. The molecule has 1 heterocycles. The molecule has 9 atom stereocenters. The molecule has 2 heteroatoms. The van der Waals surface area contributed by atoms with Crippen LogP contribution in [-0.2, 0) is 9.47 Å². The van der Waals surface area contributed by atoms with Crippen LogP contribution in [0.4, 0.5) is 0 Å². The summed E-state index contributed by atoms with van der Waals surface area (Å²) >= 11 is 0. The Hall–Kier alpha value is -0.0800. The van der Waals surface area contributed by atoms with Crippen LogP contribution in [-0.4, -0.2) is 24.9 Å². The quantitative estimate of drug-likeness (QED) is 0.577. The van der Waals surface area contributed by atoms with E-state index in [9.17, 15) is 0 Å². The Morgan fingerprint density at radius 2 is 1.77 bits per heavy atom. The van der Waals surface area contributed by atoms with Crippen LogP contribution in [0.1, 0.15) is 91.4 Å². The Morgan fingerprint density at radius 3 is 2.54 bits per heavy atom. The van der Waals surface area contributed by atoms with Crippen molar-refractivity contribution in [3.05, 3.63) is 0 Å². The number of rotatable bonds is 5. The van der Waals surface area contributed by atoms with E-state index in [1.807, 2.05) is 0 Å². The van der Waals surface area contributed by atoms with Crippen molar-refractivity contribution in [2.24, 2.45) is 35.5 Å². The van der Waals surface area contributed by atoms with Crippen LogP contribution in [0.2, 0.25) is 0 Å². The van der Waals surface area contributed by atoms with E-state index in [1.165, 1.54) is 57.8 Å². The monoisotopic (exact) mass is 362 g/mol. The molecule has 4 aliphatic rings. The van der Waals surface area contributed by atoms with Crippen LogP contribution >= 0.6 is 0 Å². The summed E-state index contributed by atoms with van der Waals surface area (Å²) in [4.78, 5) is 0. The molecule has 1 aliphatic heterocycles. The maximum Gasteiger partial charge on any atom is 0.0836 e. The summed E-state index contributed by atoms with van der Waals surface area (Å²) in [5, 5.41) is 0. The van der Waals surface area contributed by atoms with Crippen molar-refractivity contribution in [1.82, 2.24) is 0 Å². The van der Waals surface area contributed by atoms with Gasteiger partial charge in [-0.15, -0.1) is 0 Å². The fourth-order valence-electron chi connectivity index (χ4n) is 7.63. The zero-order valence-corrected chi connectivity index (χ0v) is 17.5. The fraction of sp³-hybridized carbons (Fsp3) is 1.00. The summed E-state index contributed by atoms with van der Waals surface area (Å²) < 4.78 is 12.5. The van der Waals surface area contributed by atoms with Gasteiger partial charge in [-0.2, -0.15) is 0 Å². The van der Waals surface area contributed by atoms with Gasteiger partial charge in [0.15, 0.2) is 0 Å². The van der Waals surface area contributed by atoms with E-state index in [2.05, 4.69) is 20.8 Å². The second-order valence-corrected chi connectivity index (χ2v) is 10.2. The first-order valence-electron chi connectivity index (χ1n) is 11.9. The summed E-state index contributed by atoms with van der Waals surface area (Å²) in [5.41, 5.74) is 0. The summed E-state index contributed by atoms with van der Waals surface area (Å²) in [7, 11) is 0. The van der Waals surface area contributed by atoms with Crippen molar-refractivity contribution in [3.63, 3.8) is 0 Å². The zero-order chi connectivity index (χ0) is 18.1. The molecule has 3 aliphatic carbocycles. The Balaban J connectivity index is 1.52. The number of hydrogen-bond donors (Lipinski definition) is 0. The van der Waals surface area contributed by atoms with Crippen molar-refractivity contribution >= 4 is 0 Å². The Bertz CT molecular complexity index is 447. The second kappa shape index (κ2) is 8.52. The van der Waals surface area contributed by atoms with E-state index < -0.39 is 0 Å². The SMILES string of the molecule is CCC[C@@H]1CCCC2C1CC1CCCCC1C2[C@H](C)O[C@H]1COC(C)C1. The molecule has 0 N–H and O–H groups in total. The minimum Gasteiger partial charge on any atom is -0.376 e. The van der Waals surface area contributed by atoms with Crippen LogP contribution in [0.25, 0.3) is 0 Å². The maximum absolute atomic E-state index is 6.69. The second-order valence-electron chi connectivity index (χ2n) is 10.2. The predicted octanol–water partition coefficient (Wildman–Crippen LogP) is 6.23. The number of fused-ring (bicyclic) bond motifs is 2. The van der Waals surface area contributed by atoms with E-state index >= 15 is 0 Å². The van der Waals surface area contributed by atoms with E-state index in [1.54, 1.807) is 6.42 Å². The standard InChI is InChI=1S/C24H42O2/c1-4-8-18-10-7-12-22-23(18)14-19-9-5-6-11-21(19)24(22)17(3)26-20-13-16(2)25-15-20/h16-24H,4-15H2,1-3H3/t16?,17-,18+,19?,20+,21?,22?,23?,24?/m0/s1. The van der Waals surface area contributed by atoms with Gasteiger partial charge in [-0.25, -0.2) is 0 Å². The Morgan fingerprint density at radius 1 is 0.962 bits per heavy atom. The third kappa shape index (κ3) is 3.88. The molecule has 3 saturated carbocycles. The average molecular weight is 363 g/mol. The highest BCUT2D eigenvalue weighted by Gasteiger charge is 2.50. The molecule has 4 rings (SSSR count). The summed E-state index contributed by atoms with van der Waals surface area (Å²) in [5.74, 6) is 5.70. The number of hydrogen-bond acceptors (Lipinski definition) is 2. The molecule has 2 nitrogen and oxygen atoms in total. The third-order valence-electron chi connectivity index (χ3n) is 8.57. The van der Waals surface area contributed by atoms with Gasteiger partial charge in [0.2, 0.25) is 0 Å². The van der Waals surface area contributed by atoms with Gasteiger partial charge in [-0.3, -0.25) is 0 Å². The summed E-state index contributed by atoms with van der Waals surface area (Å²) in [6.07, 6.45) is 17.0. The molecule has 1 saturated heterocycles. The van der Waals surface area contributed by atoms with E-state index in [-0.39, 0.29) is 0 Å². The fourth-order valence-corrected chi connectivity index (χ4v) is 7.63. The Kier molecular flexibility index (Phi) is 6.30. The number of ether oxygens (including phenoxy) is 2. The van der Waals surface area contributed by atoms with Gasteiger partial charge < -0.3 is 9.47 Å². The molecule has 6 unspecified atom stereocenters. The minimum atomic E-state index is 0.345. The van der Waals surface area contributed by atoms with Crippen LogP contribution < -0.4 is 0 Å². The van der Waals surface area contributed by atoms with Gasteiger partial charge in [0, 0.05) is 6.42 Å². The molecule has 150 valence electrons. The van der Waals surface area contributed by atoms with Gasteiger partial charge >= 0.3 is 0 Å². The summed E-state index contributed by atoms with van der Waals surface area (Å²) in [6.45, 7) is 7.82. The molecule has 0 aromatic heterocycles. The lowest BCUT2D eigenvalue weighted by Crippen LogP contribution is -2.50. The largest absolute Gasteiger partial charge is 0.376 e. The highest BCUT2D eigenvalue weighted by Crippen LogP contribution is 2.56. The molecule has 26 heavy (non-hydrogen) atoms.